The molecule has 0 saturated heterocycles. The molecule has 1 aromatic carbocycles. The monoisotopic (exact) mass is 264 g/mol. The number of benzene rings is 1. The smallest absolute Gasteiger partial charge is 0.408 e. The lowest BCUT2D eigenvalue weighted by atomic mass is 10.0. The molecule has 0 aliphatic rings. The molecule has 19 heavy (non-hydrogen) atoms. The van der Waals surface area contributed by atoms with Crippen molar-refractivity contribution < 1.29 is 9.21 Å². The summed E-state index contributed by atoms with van der Waals surface area (Å²) in [5.41, 5.74) is 7.85. The highest BCUT2D eigenvalue weighted by Gasteiger charge is 2.15. The van der Waals surface area contributed by atoms with Crippen LogP contribution >= 0.6 is 0 Å². The molecule has 2 aromatic rings. The highest BCUT2D eigenvalue weighted by Crippen LogP contribution is 2.20. The number of nitrogens with zero attached hydrogens (tertiary/aromatic N) is 2. The first-order chi connectivity index (χ1) is 8.90. The fourth-order valence-corrected chi connectivity index (χ4v) is 1.82. The molecule has 7 nitrogen and oxygen atoms in total. The highest BCUT2D eigenvalue weighted by molar-refractivity contribution is 5.77. The number of hydrazine groups is 1. The van der Waals surface area contributed by atoms with Gasteiger partial charge in [0.05, 0.1) is 5.52 Å². The van der Waals surface area contributed by atoms with Crippen molar-refractivity contribution >= 4 is 17.0 Å². The first-order valence-corrected chi connectivity index (χ1v) is 5.76. The molecule has 102 valence electrons. The zero-order valence-electron chi connectivity index (χ0n) is 10.8. The van der Waals surface area contributed by atoms with Crippen molar-refractivity contribution in [3.8, 4) is 0 Å². The quantitative estimate of drug-likeness (QED) is 0.455. The summed E-state index contributed by atoms with van der Waals surface area (Å²) in [7, 11) is 3.08. The van der Waals surface area contributed by atoms with Gasteiger partial charge in [0, 0.05) is 26.6 Å². The van der Waals surface area contributed by atoms with Gasteiger partial charge in [-0.25, -0.2) is 10.6 Å². The van der Waals surface area contributed by atoms with E-state index in [9.17, 15) is 9.59 Å². The zero-order valence-corrected chi connectivity index (χ0v) is 10.8. The molecule has 0 aliphatic carbocycles. The Balaban J connectivity index is 2.32. The van der Waals surface area contributed by atoms with Crippen molar-refractivity contribution in [2.45, 2.75) is 12.5 Å². The van der Waals surface area contributed by atoms with Gasteiger partial charge in [-0.3, -0.25) is 14.4 Å². The van der Waals surface area contributed by atoms with E-state index < -0.39 is 11.8 Å². The number of aryl methyl sites for hydroxylation is 1. The van der Waals surface area contributed by atoms with Gasteiger partial charge in [0.25, 0.3) is 0 Å². The predicted molar refractivity (Wildman–Crippen MR) is 70.0 cm³/mol. The lowest BCUT2D eigenvalue weighted by Gasteiger charge is -2.15. The molecular formula is C12H16N4O3. The third-order valence-corrected chi connectivity index (χ3v) is 3.03. The highest BCUT2D eigenvalue weighted by atomic mass is 16.4. The van der Waals surface area contributed by atoms with Crippen LogP contribution in [-0.2, 0) is 11.8 Å². The number of oxazole rings is 1. The van der Waals surface area contributed by atoms with E-state index in [1.165, 1.54) is 11.6 Å². The summed E-state index contributed by atoms with van der Waals surface area (Å²) in [6.45, 7) is 0. The summed E-state index contributed by atoms with van der Waals surface area (Å²) in [4.78, 5) is 22.9. The minimum absolute atomic E-state index is 0.101. The summed E-state index contributed by atoms with van der Waals surface area (Å²) < 4.78 is 6.42. The van der Waals surface area contributed by atoms with Crippen LogP contribution in [0.4, 0.5) is 0 Å². The van der Waals surface area contributed by atoms with Gasteiger partial charge in [-0.2, -0.15) is 0 Å². The van der Waals surface area contributed by atoms with Gasteiger partial charge in [0.1, 0.15) is 0 Å². The summed E-state index contributed by atoms with van der Waals surface area (Å²) in [5.74, 6) is 4.66. The number of carbonyl (C=O) groups is 1. The van der Waals surface area contributed by atoms with Crippen LogP contribution in [0.1, 0.15) is 18.0 Å². The molecule has 4 N–H and O–H groups in total. The number of fused-ring (bicyclic) bond motifs is 1. The Hall–Kier alpha value is -2.12. The van der Waals surface area contributed by atoms with Crippen LogP contribution in [0.15, 0.2) is 27.4 Å². The molecule has 7 heteroatoms. The van der Waals surface area contributed by atoms with Gasteiger partial charge in [-0.05, 0) is 17.7 Å². The van der Waals surface area contributed by atoms with Crippen molar-refractivity contribution in [1.82, 2.24) is 9.58 Å². The molecule has 0 spiro atoms. The third kappa shape index (κ3) is 2.51. The van der Waals surface area contributed by atoms with E-state index in [0.29, 0.717) is 11.1 Å². The van der Waals surface area contributed by atoms with Crippen LogP contribution in [-0.4, -0.2) is 22.5 Å². The van der Waals surface area contributed by atoms with Gasteiger partial charge in [0.15, 0.2) is 5.58 Å². The second-order valence-corrected chi connectivity index (χ2v) is 4.47. The molecule has 2 rings (SSSR count). The summed E-state index contributed by atoms with van der Waals surface area (Å²) in [6, 6.07) is 4.67. The Bertz CT molecular complexity index is 671. The Morgan fingerprint density at radius 3 is 2.84 bits per heavy atom. The molecule has 0 saturated carbocycles. The number of carbonyl (C=O) groups excluding carboxylic acids is 1. The van der Waals surface area contributed by atoms with Crippen LogP contribution in [0.5, 0.6) is 0 Å². The first kappa shape index (κ1) is 13.3. The van der Waals surface area contributed by atoms with Crippen molar-refractivity contribution in [3.63, 3.8) is 0 Å². The zero-order chi connectivity index (χ0) is 14.2. The lowest BCUT2D eigenvalue weighted by molar-refractivity contribution is -0.130. The maximum atomic E-state index is 11.5. The number of nitrogens with two attached hydrogens (primary N) is 2. The van der Waals surface area contributed by atoms with Gasteiger partial charge < -0.3 is 10.2 Å². The molecule has 1 atom stereocenters. The maximum absolute atomic E-state index is 11.5. The second kappa shape index (κ2) is 4.87. The maximum Gasteiger partial charge on any atom is 0.419 e. The van der Waals surface area contributed by atoms with Gasteiger partial charge in [-0.1, -0.05) is 6.07 Å². The molecule has 0 radical (unpaired) electrons. The van der Waals surface area contributed by atoms with E-state index in [1.807, 2.05) is 0 Å². The number of rotatable bonds is 3. The Morgan fingerprint density at radius 1 is 1.53 bits per heavy atom. The van der Waals surface area contributed by atoms with Crippen LogP contribution in [0.3, 0.4) is 0 Å². The third-order valence-electron chi connectivity index (χ3n) is 3.03. The van der Waals surface area contributed by atoms with Crippen molar-refractivity contribution in [2.75, 3.05) is 7.05 Å². The van der Waals surface area contributed by atoms with E-state index in [2.05, 4.69) is 0 Å². The molecule has 0 aliphatic heterocycles. The normalized spacial score (nSPS) is 12.6. The lowest BCUT2D eigenvalue weighted by Crippen LogP contribution is -2.35. The Labute approximate surface area is 109 Å². The van der Waals surface area contributed by atoms with E-state index >= 15 is 0 Å². The average Bonchev–Trinajstić information content (AvgIpc) is 2.64. The summed E-state index contributed by atoms with van der Waals surface area (Å²) in [5, 5.41) is 1.01. The number of hydrogen-bond acceptors (Lipinski definition) is 5. The van der Waals surface area contributed by atoms with E-state index in [1.54, 1.807) is 25.2 Å². The molecule has 1 amide bonds. The molecular weight excluding hydrogens is 248 g/mol. The molecule has 0 fully saturated rings. The van der Waals surface area contributed by atoms with Gasteiger partial charge >= 0.3 is 5.76 Å². The topological polar surface area (TPSA) is 107 Å². The van der Waals surface area contributed by atoms with Crippen molar-refractivity contribution in [3.05, 3.63) is 34.3 Å². The standard InChI is InChI=1S/C12H16N4O3/c1-15-9-5-7(3-4-10(9)19-12(15)18)8(13)6-11(17)16(2)14/h3-5,8H,6,13-14H2,1-2H3. The Morgan fingerprint density at radius 2 is 2.21 bits per heavy atom. The predicted octanol–water partition coefficient (Wildman–Crippen LogP) is -0.146. The molecule has 1 unspecified atom stereocenters. The fourth-order valence-electron chi connectivity index (χ4n) is 1.82. The van der Waals surface area contributed by atoms with E-state index in [4.69, 9.17) is 16.0 Å². The van der Waals surface area contributed by atoms with Gasteiger partial charge in [-0.15, -0.1) is 0 Å². The average molecular weight is 264 g/mol. The minimum atomic E-state index is -0.479. The van der Waals surface area contributed by atoms with Crippen molar-refractivity contribution in [2.24, 2.45) is 18.6 Å². The van der Waals surface area contributed by atoms with Gasteiger partial charge in [0.2, 0.25) is 5.91 Å². The second-order valence-electron chi connectivity index (χ2n) is 4.47. The Kier molecular flexibility index (Phi) is 3.41. The SMILES string of the molecule is CN(N)C(=O)CC(N)c1ccc2oc(=O)n(C)c2c1. The molecule has 0 bridgehead atoms. The fraction of sp³-hybridized carbons (Fsp3) is 0.333. The largest absolute Gasteiger partial charge is 0.419 e. The number of aromatic nitrogens is 1. The first-order valence-electron chi connectivity index (χ1n) is 5.76. The van der Waals surface area contributed by atoms with Crippen LogP contribution in [0, 0.1) is 0 Å². The summed E-state index contributed by atoms with van der Waals surface area (Å²) >= 11 is 0. The van der Waals surface area contributed by atoms with Crippen LogP contribution in [0.25, 0.3) is 11.1 Å². The van der Waals surface area contributed by atoms with Crippen molar-refractivity contribution in [1.29, 1.82) is 0 Å². The number of amides is 1. The number of hydrogen-bond donors (Lipinski definition) is 2. The van der Waals surface area contributed by atoms with E-state index in [0.717, 1.165) is 10.6 Å². The van der Waals surface area contributed by atoms with Crippen LogP contribution < -0.4 is 17.3 Å². The van der Waals surface area contributed by atoms with E-state index in [-0.39, 0.29) is 12.3 Å². The summed E-state index contributed by atoms with van der Waals surface area (Å²) in [6.07, 6.45) is 0.101. The molecule has 1 heterocycles. The molecule has 1 aromatic heterocycles. The van der Waals surface area contributed by atoms with Crippen LogP contribution in [0.2, 0.25) is 0 Å². The minimum Gasteiger partial charge on any atom is -0.408 e.